The smallest absolute Gasteiger partial charge is 0.228 e. The van der Waals surface area contributed by atoms with E-state index in [4.69, 9.17) is 4.52 Å². The quantitative estimate of drug-likeness (QED) is 0.802. The van der Waals surface area contributed by atoms with Gasteiger partial charge in [0.15, 0.2) is 5.82 Å². The highest BCUT2D eigenvalue weighted by Crippen LogP contribution is 2.33. The van der Waals surface area contributed by atoms with Crippen molar-refractivity contribution >= 4 is 0 Å². The Bertz CT molecular complexity index is 333. The van der Waals surface area contributed by atoms with E-state index in [0.29, 0.717) is 12.0 Å². The highest BCUT2D eigenvalue weighted by molar-refractivity contribution is 4.97. The summed E-state index contributed by atoms with van der Waals surface area (Å²) in [7, 11) is 2.01. The highest BCUT2D eigenvalue weighted by atomic mass is 16.5. The van der Waals surface area contributed by atoms with E-state index in [1.54, 1.807) is 0 Å². The lowest BCUT2D eigenvalue weighted by Crippen LogP contribution is -2.29. The van der Waals surface area contributed by atoms with Crippen molar-refractivity contribution in [1.82, 2.24) is 15.5 Å². The number of hydrogen-bond acceptors (Lipinski definition) is 4. The van der Waals surface area contributed by atoms with Gasteiger partial charge < -0.3 is 9.84 Å². The average Bonchev–Trinajstić information content (AvgIpc) is 3.04. The molecule has 1 saturated carbocycles. The first-order valence-corrected chi connectivity index (χ1v) is 6.24. The van der Waals surface area contributed by atoms with Crippen molar-refractivity contribution in [2.45, 2.75) is 51.5 Å². The van der Waals surface area contributed by atoms with Crippen LogP contribution in [0.5, 0.6) is 0 Å². The Kier molecular flexibility index (Phi) is 3.59. The fourth-order valence-electron chi connectivity index (χ4n) is 1.92. The number of rotatable bonds is 6. The third-order valence-corrected chi connectivity index (χ3v) is 3.49. The summed E-state index contributed by atoms with van der Waals surface area (Å²) >= 11 is 0. The molecule has 1 aromatic rings. The summed E-state index contributed by atoms with van der Waals surface area (Å²) in [5, 5.41) is 7.38. The van der Waals surface area contributed by atoms with E-state index in [0.717, 1.165) is 30.5 Å². The van der Waals surface area contributed by atoms with Crippen LogP contribution in [0.4, 0.5) is 0 Å². The zero-order valence-corrected chi connectivity index (χ0v) is 10.4. The molecule has 1 aliphatic carbocycles. The maximum atomic E-state index is 5.30. The van der Waals surface area contributed by atoms with Crippen LogP contribution in [0.2, 0.25) is 0 Å². The third-order valence-electron chi connectivity index (χ3n) is 3.49. The predicted molar refractivity (Wildman–Crippen MR) is 62.3 cm³/mol. The van der Waals surface area contributed by atoms with Crippen LogP contribution >= 0.6 is 0 Å². The molecule has 2 unspecified atom stereocenters. The topological polar surface area (TPSA) is 51.0 Å². The minimum Gasteiger partial charge on any atom is -0.339 e. The first-order chi connectivity index (χ1) is 7.74. The van der Waals surface area contributed by atoms with Crippen LogP contribution < -0.4 is 5.32 Å². The van der Waals surface area contributed by atoms with Gasteiger partial charge in [-0.25, -0.2) is 0 Å². The lowest BCUT2D eigenvalue weighted by molar-refractivity contribution is 0.347. The summed E-state index contributed by atoms with van der Waals surface area (Å²) in [4.78, 5) is 4.46. The fourth-order valence-corrected chi connectivity index (χ4v) is 1.92. The summed E-state index contributed by atoms with van der Waals surface area (Å²) in [6, 6.07) is 0.505. The molecule has 0 spiro atoms. The number of nitrogens with one attached hydrogen (secondary N) is 1. The molecule has 0 amide bonds. The second-order valence-electron chi connectivity index (χ2n) is 4.79. The van der Waals surface area contributed by atoms with Gasteiger partial charge in [-0.1, -0.05) is 19.0 Å². The van der Waals surface area contributed by atoms with Crippen LogP contribution in [0.1, 0.15) is 50.7 Å². The van der Waals surface area contributed by atoms with Crippen LogP contribution in [0.15, 0.2) is 4.52 Å². The molecule has 1 aliphatic rings. The van der Waals surface area contributed by atoms with Crippen molar-refractivity contribution in [3.63, 3.8) is 0 Å². The molecule has 90 valence electrons. The molecule has 0 radical (unpaired) electrons. The number of nitrogens with zero attached hydrogens (tertiary/aromatic N) is 2. The summed E-state index contributed by atoms with van der Waals surface area (Å²) in [5.74, 6) is 2.83. The van der Waals surface area contributed by atoms with Crippen molar-refractivity contribution in [3.05, 3.63) is 11.7 Å². The Morgan fingerprint density at radius 3 is 2.81 bits per heavy atom. The highest BCUT2D eigenvalue weighted by Gasteiger charge is 2.31. The molecule has 4 heteroatoms. The van der Waals surface area contributed by atoms with E-state index < -0.39 is 0 Å². The van der Waals surface area contributed by atoms with E-state index in [1.165, 1.54) is 12.8 Å². The molecule has 0 saturated heterocycles. The number of likely N-dealkylation sites (N-methyl/N-ethyl adjacent to an activating group) is 1. The van der Waals surface area contributed by atoms with E-state index in [9.17, 15) is 0 Å². The Morgan fingerprint density at radius 1 is 1.50 bits per heavy atom. The Hall–Kier alpha value is -0.900. The molecule has 1 N–H and O–H groups in total. The zero-order chi connectivity index (χ0) is 11.5. The molecule has 2 atom stereocenters. The molecular weight excluding hydrogens is 202 g/mol. The average molecular weight is 223 g/mol. The molecular formula is C12H21N3O. The normalized spacial score (nSPS) is 19.7. The molecule has 1 fully saturated rings. The molecule has 0 bridgehead atoms. The van der Waals surface area contributed by atoms with Gasteiger partial charge in [0.1, 0.15) is 0 Å². The van der Waals surface area contributed by atoms with E-state index in [2.05, 4.69) is 29.3 Å². The number of aromatic nitrogens is 2. The fraction of sp³-hybridized carbons (Fsp3) is 0.833. The second kappa shape index (κ2) is 4.95. The summed E-state index contributed by atoms with van der Waals surface area (Å²) in [5.41, 5.74) is 0. The minimum absolute atomic E-state index is 0.395. The SMILES string of the molecule is CCC(C)c1noc(CC(NC)C2CC2)n1. The van der Waals surface area contributed by atoms with Crippen LogP contribution in [0.25, 0.3) is 0 Å². The van der Waals surface area contributed by atoms with Crippen molar-refractivity contribution < 1.29 is 4.52 Å². The van der Waals surface area contributed by atoms with Gasteiger partial charge in [-0.2, -0.15) is 4.98 Å². The van der Waals surface area contributed by atoms with Gasteiger partial charge in [-0.3, -0.25) is 0 Å². The zero-order valence-electron chi connectivity index (χ0n) is 10.4. The maximum Gasteiger partial charge on any atom is 0.228 e. The molecule has 1 heterocycles. The van der Waals surface area contributed by atoms with Gasteiger partial charge in [0.2, 0.25) is 5.89 Å². The van der Waals surface area contributed by atoms with Crippen molar-refractivity contribution in [3.8, 4) is 0 Å². The standard InChI is InChI=1S/C12H21N3O/c1-4-8(2)12-14-11(16-15-12)7-10(13-3)9-5-6-9/h8-10,13H,4-7H2,1-3H3. The summed E-state index contributed by atoms with van der Waals surface area (Å²) in [6.45, 7) is 4.27. The molecule has 2 rings (SSSR count). The maximum absolute atomic E-state index is 5.30. The van der Waals surface area contributed by atoms with Crippen LogP contribution in [-0.4, -0.2) is 23.2 Å². The Morgan fingerprint density at radius 2 is 2.25 bits per heavy atom. The van der Waals surface area contributed by atoms with Crippen molar-refractivity contribution in [2.75, 3.05) is 7.05 Å². The van der Waals surface area contributed by atoms with Gasteiger partial charge in [0.25, 0.3) is 0 Å². The van der Waals surface area contributed by atoms with Gasteiger partial charge in [0.05, 0.1) is 0 Å². The van der Waals surface area contributed by atoms with Gasteiger partial charge in [-0.05, 0) is 32.2 Å². The molecule has 1 aromatic heterocycles. The molecule has 16 heavy (non-hydrogen) atoms. The van der Waals surface area contributed by atoms with Gasteiger partial charge in [-0.15, -0.1) is 0 Å². The molecule has 0 aromatic carbocycles. The number of hydrogen-bond donors (Lipinski definition) is 1. The van der Waals surface area contributed by atoms with Gasteiger partial charge >= 0.3 is 0 Å². The lowest BCUT2D eigenvalue weighted by atomic mass is 10.1. The van der Waals surface area contributed by atoms with E-state index in [-0.39, 0.29) is 0 Å². The minimum atomic E-state index is 0.395. The van der Waals surface area contributed by atoms with Gasteiger partial charge in [0, 0.05) is 18.4 Å². The first kappa shape index (κ1) is 11.6. The predicted octanol–water partition coefficient (Wildman–Crippen LogP) is 2.12. The van der Waals surface area contributed by atoms with E-state index >= 15 is 0 Å². The monoisotopic (exact) mass is 223 g/mol. The Balaban J connectivity index is 1.95. The van der Waals surface area contributed by atoms with E-state index in [1.807, 2.05) is 7.05 Å². The third kappa shape index (κ3) is 2.61. The summed E-state index contributed by atoms with van der Waals surface area (Å²) < 4.78 is 5.30. The van der Waals surface area contributed by atoms with Crippen molar-refractivity contribution in [2.24, 2.45) is 5.92 Å². The van der Waals surface area contributed by atoms with Crippen LogP contribution in [0.3, 0.4) is 0 Å². The van der Waals surface area contributed by atoms with Crippen molar-refractivity contribution in [1.29, 1.82) is 0 Å². The Labute approximate surface area is 96.8 Å². The summed E-state index contributed by atoms with van der Waals surface area (Å²) in [6.07, 6.45) is 4.58. The molecule has 4 nitrogen and oxygen atoms in total. The largest absolute Gasteiger partial charge is 0.339 e. The van der Waals surface area contributed by atoms with Crippen LogP contribution in [0, 0.1) is 5.92 Å². The lowest BCUT2D eigenvalue weighted by Gasteiger charge is -2.11. The second-order valence-corrected chi connectivity index (χ2v) is 4.79. The van der Waals surface area contributed by atoms with Crippen LogP contribution in [-0.2, 0) is 6.42 Å². The molecule has 0 aliphatic heterocycles. The first-order valence-electron chi connectivity index (χ1n) is 6.24.